The van der Waals surface area contributed by atoms with Gasteiger partial charge in [-0.15, -0.1) is 0 Å². The van der Waals surface area contributed by atoms with Crippen LogP contribution < -0.4 is 4.57 Å². The van der Waals surface area contributed by atoms with E-state index in [1.54, 1.807) is 6.07 Å². The number of benzene rings is 5. The summed E-state index contributed by atoms with van der Waals surface area (Å²) >= 11 is 0. The maximum absolute atomic E-state index is 11.1. The van der Waals surface area contributed by atoms with Crippen molar-refractivity contribution in [2.45, 2.75) is 6.54 Å². The number of hydrogen-bond donors (Lipinski definition) is 1. The predicted octanol–water partition coefficient (Wildman–Crippen LogP) is 9.87. The van der Waals surface area contributed by atoms with Crippen LogP contribution in [0.1, 0.15) is 5.56 Å². The number of imidazole rings is 1. The predicted molar refractivity (Wildman–Crippen MR) is 147 cm³/mol. The second-order valence-corrected chi connectivity index (χ2v) is 11.2. The smallest absolute Gasteiger partial charge is 0.249 e. The summed E-state index contributed by atoms with van der Waals surface area (Å²) in [5.41, 5.74) is 4.19. The Morgan fingerprint density at radius 2 is 1.15 bits per heavy atom. The zero-order chi connectivity index (χ0) is 28.6. The van der Waals surface area contributed by atoms with Gasteiger partial charge in [0.2, 0.25) is 6.33 Å². The first-order valence-electron chi connectivity index (χ1n) is 12.1. The summed E-state index contributed by atoms with van der Waals surface area (Å²) in [6, 6.07) is 35.1. The van der Waals surface area contributed by atoms with E-state index < -0.39 is 7.81 Å². The topological polar surface area (TPSA) is 29.0 Å². The molecule has 0 saturated heterocycles. The monoisotopic (exact) mass is 572 g/mol. The Kier molecular flexibility index (Phi) is 6.38. The van der Waals surface area contributed by atoms with Crippen molar-refractivity contribution in [1.82, 2.24) is 4.57 Å². The van der Waals surface area contributed by atoms with Crippen LogP contribution in [0.25, 0.3) is 38.4 Å². The maximum Gasteiger partial charge on any atom is 0.249 e. The van der Waals surface area contributed by atoms with Crippen molar-refractivity contribution in [1.29, 1.82) is 0 Å². The summed E-state index contributed by atoms with van der Waals surface area (Å²) in [6.07, 6.45) is 6.29. The number of phenols is 1. The number of phenolic OH excluding ortho intramolecular Hbond substituents is 1. The molecule has 0 fully saturated rings. The molecule has 0 saturated carbocycles. The molecular weight excluding hydrogens is 549 g/mol. The van der Waals surface area contributed by atoms with Gasteiger partial charge in [-0.2, -0.15) is 0 Å². The van der Waals surface area contributed by atoms with Gasteiger partial charge in [-0.1, -0.05) is 91.0 Å². The van der Waals surface area contributed by atoms with Gasteiger partial charge < -0.3 is 5.11 Å². The fourth-order valence-electron chi connectivity index (χ4n) is 4.69. The summed E-state index contributed by atoms with van der Waals surface area (Å²) in [5.74, 6) is 0.288. The quantitative estimate of drug-likeness (QED) is 0.127. The van der Waals surface area contributed by atoms with Crippen LogP contribution in [0.15, 0.2) is 122 Å². The molecule has 0 spiro atoms. The molecule has 1 N–H and O–H groups in total. The van der Waals surface area contributed by atoms with E-state index in [-0.39, 0.29) is 5.75 Å². The van der Waals surface area contributed by atoms with Crippen molar-refractivity contribution in [3.63, 3.8) is 0 Å². The van der Waals surface area contributed by atoms with Gasteiger partial charge in [0.1, 0.15) is 30.4 Å². The molecule has 0 unspecified atom stereocenters. The Morgan fingerprint density at radius 3 is 1.77 bits per heavy atom. The van der Waals surface area contributed by atoms with Crippen LogP contribution in [0.2, 0.25) is 0 Å². The number of rotatable bonds is 4. The van der Waals surface area contributed by atoms with Gasteiger partial charge in [-0.05, 0) is 39.2 Å². The van der Waals surface area contributed by atoms with E-state index in [1.165, 1.54) is 5.56 Å². The zero-order valence-electron chi connectivity index (χ0n) is 20.8. The standard InChI is InChI=1S/C30H22N2O.F6P/c33-28-17-15-24-11-5-7-13-26(24)30(28)29-25-12-6-4-10-23(25)14-16-27(29)32-19-18-31(21-32)20-22-8-2-1-3-9-22;1-7(2,3,4,5)6/h1-19,21H,20H2;/q;-1/p+1. The summed E-state index contributed by atoms with van der Waals surface area (Å²) in [6.45, 7) is 0.802. The van der Waals surface area contributed by atoms with Crippen molar-refractivity contribution in [2.75, 3.05) is 0 Å². The third-order valence-electron chi connectivity index (χ3n) is 6.24. The van der Waals surface area contributed by atoms with Crippen LogP contribution >= 0.6 is 7.81 Å². The molecule has 10 heteroatoms. The van der Waals surface area contributed by atoms with Crippen molar-refractivity contribution >= 4 is 29.4 Å². The Morgan fingerprint density at radius 1 is 0.625 bits per heavy atom. The number of hydrogen-bond acceptors (Lipinski definition) is 1. The first-order chi connectivity index (χ1) is 18.7. The van der Waals surface area contributed by atoms with Crippen LogP contribution in [-0.4, -0.2) is 9.67 Å². The van der Waals surface area contributed by atoms with E-state index in [4.69, 9.17) is 0 Å². The fourth-order valence-corrected chi connectivity index (χ4v) is 4.69. The number of aromatic nitrogens is 2. The first kappa shape index (κ1) is 27.2. The normalized spacial score (nSPS) is 13.3. The van der Waals surface area contributed by atoms with Gasteiger partial charge in [0, 0.05) is 11.1 Å². The second kappa shape index (κ2) is 9.38. The van der Waals surface area contributed by atoms with E-state index in [0.717, 1.165) is 44.9 Å². The van der Waals surface area contributed by atoms with E-state index in [2.05, 4.69) is 101 Å². The van der Waals surface area contributed by atoms with E-state index in [1.807, 2.05) is 24.3 Å². The molecule has 6 aromatic rings. The van der Waals surface area contributed by atoms with Gasteiger partial charge >= 0.3 is 33.0 Å². The van der Waals surface area contributed by atoms with E-state index in [0.29, 0.717) is 0 Å². The minimum absolute atomic E-state index is 0.288. The van der Waals surface area contributed by atoms with Crippen molar-refractivity contribution in [3.05, 3.63) is 127 Å². The molecule has 0 aliphatic rings. The molecule has 0 atom stereocenters. The number of halogens is 6. The van der Waals surface area contributed by atoms with Crippen LogP contribution in [0.5, 0.6) is 5.75 Å². The summed E-state index contributed by atoms with van der Waals surface area (Å²) in [4.78, 5) is 0. The van der Waals surface area contributed by atoms with Gasteiger partial charge in [0.25, 0.3) is 0 Å². The zero-order valence-corrected chi connectivity index (χ0v) is 21.7. The van der Waals surface area contributed by atoms with E-state index >= 15 is 0 Å². The van der Waals surface area contributed by atoms with E-state index in [9.17, 15) is 30.3 Å². The molecule has 1 aromatic heterocycles. The fraction of sp³-hybridized carbons (Fsp3) is 0.0333. The van der Waals surface area contributed by atoms with Gasteiger partial charge in [0.05, 0.1) is 0 Å². The summed E-state index contributed by atoms with van der Waals surface area (Å²) in [7, 11) is -10.7. The third kappa shape index (κ3) is 6.79. The summed E-state index contributed by atoms with van der Waals surface area (Å²) < 4.78 is 63.5. The maximum atomic E-state index is 11.1. The van der Waals surface area contributed by atoms with Crippen molar-refractivity contribution in [3.8, 4) is 22.6 Å². The molecule has 1 heterocycles. The molecule has 0 aliphatic heterocycles. The van der Waals surface area contributed by atoms with Gasteiger partial charge in [0.15, 0.2) is 0 Å². The van der Waals surface area contributed by atoms with Crippen molar-refractivity contribution < 1.29 is 34.9 Å². The van der Waals surface area contributed by atoms with Crippen LogP contribution in [-0.2, 0) is 6.54 Å². The molecule has 0 radical (unpaired) electrons. The number of fused-ring (bicyclic) bond motifs is 2. The SMILES string of the molecule is F[P-](F)(F)(F)(F)F.Oc1ccc2ccccc2c1-c1c(-n2cc[n+](Cc3ccccc3)c2)ccc2ccccc12. The molecule has 0 aliphatic carbocycles. The molecule has 6 rings (SSSR count). The second-order valence-electron chi connectivity index (χ2n) is 9.30. The Labute approximate surface area is 225 Å². The molecule has 5 aromatic carbocycles. The molecule has 206 valence electrons. The number of aromatic hydroxyl groups is 1. The Hall–Kier alpha value is -4.36. The molecule has 0 amide bonds. The first-order valence-corrected chi connectivity index (χ1v) is 14.2. The minimum atomic E-state index is -10.7. The largest absolute Gasteiger partial charge is 0.507 e. The minimum Gasteiger partial charge on any atom is -0.507 e. The molecule has 3 nitrogen and oxygen atoms in total. The molecular formula is C30H23F6N2OP. The van der Waals surface area contributed by atoms with Crippen LogP contribution in [0.4, 0.5) is 25.2 Å². The van der Waals surface area contributed by atoms with Gasteiger partial charge in [-0.3, -0.25) is 0 Å². The molecule has 0 bridgehead atoms. The van der Waals surface area contributed by atoms with Crippen LogP contribution in [0, 0.1) is 0 Å². The number of nitrogens with zero attached hydrogens (tertiary/aromatic N) is 2. The Balaban J connectivity index is 0.000000411. The third-order valence-corrected chi connectivity index (χ3v) is 6.24. The van der Waals surface area contributed by atoms with Crippen molar-refractivity contribution in [2.24, 2.45) is 0 Å². The Bertz CT molecular complexity index is 1820. The average Bonchev–Trinajstić information content (AvgIpc) is 3.35. The molecule has 40 heavy (non-hydrogen) atoms. The van der Waals surface area contributed by atoms with Crippen LogP contribution in [0.3, 0.4) is 0 Å². The average molecular weight is 572 g/mol. The summed E-state index contributed by atoms with van der Waals surface area (Å²) in [5, 5.41) is 15.5. The van der Waals surface area contributed by atoms with Gasteiger partial charge in [-0.25, -0.2) is 9.13 Å².